The summed E-state index contributed by atoms with van der Waals surface area (Å²) in [5.74, 6) is -0.129. The van der Waals surface area contributed by atoms with Gasteiger partial charge in [0.1, 0.15) is 6.54 Å². The lowest BCUT2D eigenvalue weighted by atomic mass is 10.1. The maximum atomic E-state index is 11.9. The van der Waals surface area contributed by atoms with Crippen LogP contribution in [0.2, 0.25) is 0 Å². The van der Waals surface area contributed by atoms with Crippen molar-refractivity contribution < 1.29 is 9.59 Å². The molecule has 19 heavy (non-hydrogen) atoms. The van der Waals surface area contributed by atoms with Crippen molar-refractivity contribution in [3.63, 3.8) is 0 Å². The van der Waals surface area contributed by atoms with Crippen molar-refractivity contribution >= 4 is 11.9 Å². The molecule has 2 rings (SSSR count). The molecule has 1 heterocycles. The van der Waals surface area contributed by atoms with Crippen LogP contribution < -0.4 is 0 Å². The normalized spacial score (nSPS) is 17.5. The predicted octanol–water partition coefficient (Wildman–Crippen LogP) is 1.18. The van der Waals surface area contributed by atoms with Gasteiger partial charge in [-0.05, 0) is 19.7 Å². The fourth-order valence-electron chi connectivity index (χ4n) is 2.26. The fraction of sp³-hybridized carbons (Fsp3) is 0.429. The molecule has 5 nitrogen and oxygen atoms in total. The summed E-state index contributed by atoms with van der Waals surface area (Å²) in [6.07, 6.45) is 0. The first kappa shape index (κ1) is 13.5. The van der Waals surface area contributed by atoms with E-state index in [1.165, 1.54) is 9.80 Å². The third-order valence-electron chi connectivity index (χ3n) is 3.39. The summed E-state index contributed by atoms with van der Waals surface area (Å²) in [5, 5.41) is 0. The Bertz CT molecular complexity index is 473. The maximum Gasteiger partial charge on any atom is 0.327 e. The Morgan fingerprint density at radius 1 is 1.21 bits per heavy atom. The number of rotatable bonds is 4. The van der Waals surface area contributed by atoms with Crippen LogP contribution in [0.15, 0.2) is 30.3 Å². The van der Waals surface area contributed by atoms with Crippen molar-refractivity contribution in [2.45, 2.75) is 6.04 Å². The number of carbonyl (C=O) groups is 2. The highest BCUT2D eigenvalue weighted by molar-refractivity contribution is 6.01. The molecule has 0 aromatic heterocycles. The van der Waals surface area contributed by atoms with Crippen molar-refractivity contribution in [2.75, 3.05) is 34.2 Å². The number of nitrogens with zero attached hydrogens (tertiary/aromatic N) is 3. The van der Waals surface area contributed by atoms with E-state index >= 15 is 0 Å². The van der Waals surface area contributed by atoms with E-state index in [1.807, 2.05) is 49.3 Å². The second-order valence-corrected chi connectivity index (χ2v) is 5.03. The molecular formula is C14H19N3O2. The van der Waals surface area contributed by atoms with Crippen LogP contribution in [0, 0.1) is 0 Å². The van der Waals surface area contributed by atoms with Gasteiger partial charge in [0, 0.05) is 7.05 Å². The minimum atomic E-state index is -0.215. The van der Waals surface area contributed by atoms with Gasteiger partial charge in [0.15, 0.2) is 0 Å². The van der Waals surface area contributed by atoms with Gasteiger partial charge in [-0.25, -0.2) is 4.79 Å². The van der Waals surface area contributed by atoms with Crippen molar-refractivity contribution in [1.29, 1.82) is 0 Å². The molecule has 1 aromatic carbocycles. The zero-order chi connectivity index (χ0) is 14.0. The number of likely N-dealkylation sites (N-methyl/N-ethyl adjacent to an activating group) is 2. The molecule has 1 aliphatic heterocycles. The summed E-state index contributed by atoms with van der Waals surface area (Å²) >= 11 is 0. The Morgan fingerprint density at radius 2 is 1.84 bits per heavy atom. The Morgan fingerprint density at radius 3 is 2.32 bits per heavy atom. The molecular weight excluding hydrogens is 242 g/mol. The zero-order valence-electron chi connectivity index (χ0n) is 11.5. The van der Waals surface area contributed by atoms with Gasteiger partial charge in [-0.3, -0.25) is 9.69 Å². The number of amides is 3. The van der Waals surface area contributed by atoms with E-state index in [-0.39, 0.29) is 24.5 Å². The highest BCUT2D eigenvalue weighted by atomic mass is 16.2. The standard InChI is InChI=1S/C14H19N3O2/c1-15(2)12(11-7-5-4-6-8-11)9-17-13(18)10-16(3)14(17)19/h4-8,12H,9-10H2,1-3H3/t12-/m1/s1. The van der Waals surface area contributed by atoms with Crippen LogP contribution >= 0.6 is 0 Å². The van der Waals surface area contributed by atoms with Gasteiger partial charge in [0.25, 0.3) is 0 Å². The molecule has 0 radical (unpaired) electrons. The number of hydrogen-bond donors (Lipinski definition) is 0. The van der Waals surface area contributed by atoms with Gasteiger partial charge in [0.05, 0.1) is 12.6 Å². The van der Waals surface area contributed by atoms with Crippen LogP contribution in [0.5, 0.6) is 0 Å². The summed E-state index contributed by atoms with van der Waals surface area (Å²) in [6.45, 7) is 0.562. The second kappa shape index (κ2) is 5.40. The molecule has 5 heteroatoms. The van der Waals surface area contributed by atoms with E-state index in [4.69, 9.17) is 0 Å². The molecule has 0 saturated carbocycles. The first-order valence-electron chi connectivity index (χ1n) is 6.27. The van der Waals surface area contributed by atoms with Crippen molar-refractivity contribution in [2.24, 2.45) is 0 Å². The summed E-state index contributed by atoms with van der Waals surface area (Å²) in [7, 11) is 5.55. The molecule has 3 amide bonds. The van der Waals surface area contributed by atoms with E-state index in [9.17, 15) is 9.59 Å². The zero-order valence-corrected chi connectivity index (χ0v) is 11.5. The minimum Gasteiger partial charge on any atom is -0.318 e. The summed E-state index contributed by atoms with van der Waals surface area (Å²) in [4.78, 5) is 28.5. The van der Waals surface area contributed by atoms with Gasteiger partial charge in [0.2, 0.25) is 5.91 Å². The van der Waals surface area contributed by atoms with Gasteiger partial charge < -0.3 is 9.80 Å². The smallest absolute Gasteiger partial charge is 0.318 e. The minimum absolute atomic E-state index is 0.0144. The first-order valence-corrected chi connectivity index (χ1v) is 6.27. The lowest BCUT2D eigenvalue weighted by Crippen LogP contribution is -2.39. The van der Waals surface area contributed by atoms with Gasteiger partial charge in [-0.2, -0.15) is 0 Å². The third kappa shape index (κ3) is 2.76. The Hall–Kier alpha value is -1.88. The highest BCUT2D eigenvalue weighted by Gasteiger charge is 2.35. The first-order chi connectivity index (χ1) is 9.00. The SMILES string of the molecule is CN1CC(=O)N(C[C@H](c2ccccc2)N(C)C)C1=O. The van der Waals surface area contributed by atoms with Crippen LogP contribution in [0.1, 0.15) is 11.6 Å². The largest absolute Gasteiger partial charge is 0.327 e. The Kier molecular flexibility index (Phi) is 3.85. The average Bonchev–Trinajstić information content (AvgIpc) is 2.62. The lowest BCUT2D eigenvalue weighted by molar-refractivity contribution is -0.125. The van der Waals surface area contributed by atoms with E-state index < -0.39 is 0 Å². The predicted molar refractivity (Wildman–Crippen MR) is 72.6 cm³/mol. The van der Waals surface area contributed by atoms with Crippen LogP contribution in [0.25, 0.3) is 0 Å². The van der Waals surface area contributed by atoms with Crippen LogP contribution in [0.3, 0.4) is 0 Å². The number of benzene rings is 1. The van der Waals surface area contributed by atoms with Gasteiger partial charge >= 0.3 is 6.03 Å². The summed E-state index contributed by atoms with van der Waals surface area (Å²) in [6, 6.07) is 9.71. The highest BCUT2D eigenvalue weighted by Crippen LogP contribution is 2.21. The molecule has 1 aromatic rings. The van der Waals surface area contributed by atoms with Crippen molar-refractivity contribution in [3.8, 4) is 0 Å². The number of carbonyl (C=O) groups excluding carboxylic acids is 2. The van der Waals surface area contributed by atoms with E-state index in [0.717, 1.165) is 5.56 Å². The molecule has 0 aliphatic carbocycles. The number of hydrogen-bond acceptors (Lipinski definition) is 3. The van der Waals surface area contributed by atoms with Crippen LogP contribution in [-0.2, 0) is 4.79 Å². The Balaban J connectivity index is 2.19. The molecule has 0 unspecified atom stereocenters. The van der Waals surface area contributed by atoms with Gasteiger partial charge in [-0.1, -0.05) is 30.3 Å². The number of imide groups is 1. The summed E-state index contributed by atoms with van der Waals surface area (Å²) < 4.78 is 0. The van der Waals surface area contributed by atoms with E-state index in [2.05, 4.69) is 0 Å². The monoisotopic (exact) mass is 261 g/mol. The van der Waals surface area contributed by atoms with E-state index in [1.54, 1.807) is 7.05 Å². The molecule has 1 aliphatic rings. The molecule has 0 bridgehead atoms. The Labute approximate surface area is 113 Å². The number of urea groups is 1. The van der Waals surface area contributed by atoms with Crippen molar-refractivity contribution in [3.05, 3.63) is 35.9 Å². The summed E-state index contributed by atoms with van der Waals surface area (Å²) in [5.41, 5.74) is 1.10. The fourth-order valence-corrected chi connectivity index (χ4v) is 2.26. The molecule has 1 atom stereocenters. The average molecular weight is 261 g/mol. The quantitative estimate of drug-likeness (QED) is 0.765. The van der Waals surface area contributed by atoms with Crippen molar-refractivity contribution in [1.82, 2.24) is 14.7 Å². The third-order valence-corrected chi connectivity index (χ3v) is 3.39. The lowest BCUT2D eigenvalue weighted by Gasteiger charge is -2.28. The molecule has 0 N–H and O–H groups in total. The van der Waals surface area contributed by atoms with Crippen LogP contribution in [-0.4, -0.2) is 60.9 Å². The molecule has 0 spiro atoms. The van der Waals surface area contributed by atoms with Crippen LogP contribution in [0.4, 0.5) is 4.79 Å². The molecule has 1 saturated heterocycles. The maximum absolute atomic E-state index is 11.9. The van der Waals surface area contributed by atoms with E-state index in [0.29, 0.717) is 6.54 Å². The van der Waals surface area contributed by atoms with Gasteiger partial charge in [-0.15, -0.1) is 0 Å². The molecule has 1 fully saturated rings. The second-order valence-electron chi connectivity index (χ2n) is 5.03. The topological polar surface area (TPSA) is 43.9 Å². The molecule has 102 valence electrons.